The number of sulfonamides is 1. The summed E-state index contributed by atoms with van der Waals surface area (Å²) in [7, 11) is -3.95. The molecule has 8 nitrogen and oxygen atoms in total. The molecule has 1 unspecified atom stereocenters. The first kappa shape index (κ1) is 21.7. The number of benzene rings is 1. The standard InChI is InChI=1S/C19H24N2O6S/c1-4-6-13-27-16-7-9-17(10-8-16)28(24,25)21-12-11-20(15(3)22)14-18(21)19(23)26-5-2/h7-10,18H,5,11-14H2,1-3H3. The maximum Gasteiger partial charge on any atom is 0.326 e. The Labute approximate surface area is 165 Å². The van der Waals surface area contributed by atoms with E-state index >= 15 is 0 Å². The molecule has 1 aromatic carbocycles. The third-order valence-corrected chi connectivity index (χ3v) is 6.18. The van der Waals surface area contributed by atoms with Gasteiger partial charge in [-0.2, -0.15) is 4.31 Å². The second kappa shape index (κ2) is 9.57. The Kier molecular flexibility index (Phi) is 7.43. The quantitative estimate of drug-likeness (QED) is 0.512. The van der Waals surface area contributed by atoms with E-state index in [9.17, 15) is 18.0 Å². The minimum atomic E-state index is -3.95. The average Bonchev–Trinajstić information content (AvgIpc) is 2.68. The number of hydrogen-bond acceptors (Lipinski definition) is 6. The van der Waals surface area contributed by atoms with Crippen LogP contribution in [0, 0.1) is 11.8 Å². The minimum absolute atomic E-state index is 0.00966. The van der Waals surface area contributed by atoms with E-state index in [1.807, 2.05) is 0 Å². The smallest absolute Gasteiger partial charge is 0.326 e. The molecular formula is C19H24N2O6S. The van der Waals surface area contributed by atoms with E-state index in [-0.39, 0.29) is 43.7 Å². The van der Waals surface area contributed by atoms with Gasteiger partial charge in [-0.05, 0) is 38.1 Å². The van der Waals surface area contributed by atoms with Crippen molar-refractivity contribution < 1.29 is 27.5 Å². The Morgan fingerprint density at radius 3 is 2.46 bits per heavy atom. The molecule has 1 saturated heterocycles. The molecule has 2 rings (SSSR count). The van der Waals surface area contributed by atoms with Gasteiger partial charge in [-0.15, -0.1) is 5.92 Å². The fourth-order valence-corrected chi connectivity index (χ4v) is 4.37. The van der Waals surface area contributed by atoms with Gasteiger partial charge in [0, 0.05) is 26.6 Å². The summed E-state index contributed by atoms with van der Waals surface area (Å²) in [5, 5.41) is 0. The Bertz CT molecular complexity index is 870. The number of rotatable bonds is 6. The molecule has 0 aliphatic carbocycles. The van der Waals surface area contributed by atoms with Crippen molar-refractivity contribution in [2.24, 2.45) is 0 Å². The number of amides is 1. The fraction of sp³-hybridized carbons (Fsp3) is 0.474. The zero-order chi connectivity index (χ0) is 20.7. The minimum Gasteiger partial charge on any atom is -0.481 e. The fourth-order valence-electron chi connectivity index (χ4n) is 2.81. The predicted molar refractivity (Wildman–Crippen MR) is 102 cm³/mol. The van der Waals surface area contributed by atoms with E-state index < -0.39 is 22.0 Å². The molecule has 1 amide bonds. The van der Waals surface area contributed by atoms with Gasteiger partial charge in [0.15, 0.2) is 0 Å². The van der Waals surface area contributed by atoms with Crippen LogP contribution in [0.4, 0.5) is 0 Å². The van der Waals surface area contributed by atoms with E-state index in [2.05, 4.69) is 11.8 Å². The highest BCUT2D eigenvalue weighted by atomic mass is 32.2. The van der Waals surface area contributed by atoms with Gasteiger partial charge in [0.25, 0.3) is 0 Å². The first-order valence-electron chi connectivity index (χ1n) is 8.87. The Balaban J connectivity index is 2.26. The van der Waals surface area contributed by atoms with E-state index in [1.165, 1.54) is 36.1 Å². The summed E-state index contributed by atoms with van der Waals surface area (Å²) < 4.78 is 37.7. The van der Waals surface area contributed by atoms with Crippen molar-refractivity contribution in [2.75, 3.05) is 32.8 Å². The second-order valence-electron chi connectivity index (χ2n) is 6.04. The van der Waals surface area contributed by atoms with Gasteiger partial charge < -0.3 is 14.4 Å². The average molecular weight is 408 g/mol. The summed E-state index contributed by atoms with van der Waals surface area (Å²) in [5.41, 5.74) is 0. The molecule has 152 valence electrons. The third-order valence-electron chi connectivity index (χ3n) is 4.25. The summed E-state index contributed by atoms with van der Waals surface area (Å²) in [6.45, 7) is 5.24. The third kappa shape index (κ3) is 5.03. The Morgan fingerprint density at radius 1 is 1.21 bits per heavy atom. The van der Waals surface area contributed by atoms with Gasteiger partial charge in [-0.25, -0.2) is 8.42 Å². The summed E-state index contributed by atoms with van der Waals surface area (Å²) in [4.78, 5) is 25.5. The number of esters is 1. The monoisotopic (exact) mass is 408 g/mol. The van der Waals surface area contributed by atoms with Crippen LogP contribution in [0.5, 0.6) is 5.75 Å². The van der Waals surface area contributed by atoms with Crippen LogP contribution < -0.4 is 4.74 Å². The molecule has 0 spiro atoms. The van der Waals surface area contributed by atoms with Crippen molar-refractivity contribution in [1.29, 1.82) is 0 Å². The van der Waals surface area contributed by atoms with Crippen LogP contribution in [0.25, 0.3) is 0 Å². The van der Waals surface area contributed by atoms with Gasteiger partial charge in [-0.3, -0.25) is 9.59 Å². The van der Waals surface area contributed by atoms with Crippen LogP contribution in [-0.2, 0) is 24.3 Å². The van der Waals surface area contributed by atoms with Crippen molar-refractivity contribution in [3.05, 3.63) is 24.3 Å². The van der Waals surface area contributed by atoms with E-state index in [0.717, 1.165) is 4.31 Å². The summed E-state index contributed by atoms with van der Waals surface area (Å²) in [6.07, 6.45) is 0. The molecule has 1 atom stereocenters. The summed E-state index contributed by atoms with van der Waals surface area (Å²) in [5.74, 6) is 5.06. The first-order valence-corrected chi connectivity index (χ1v) is 10.3. The molecule has 0 N–H and O–H groups in total. The number of nitrogens with zero attached hydrogens (tertiary/aromatic N) is 2. The van der Waals surface area contributed by atoms with Crippen molar-refractivity contribution in [1.82, 2.24) is 9.21 Å². The molecule has 28 heavy (non-hydrogen) atoms. The Morgan fingerprint density at radius 2 is 1.89 bits per heavy atom. The van der Waals surface area contributed by atoms with Crippen LogP contribution in [0.3, 0.4) is 0 Å². The van der Waals surface area contributed by atoms with Crippen molar-refractivity contribution >= 4 is 21.9 Å². The molecule has 0 radical (unpaired) electrons. The highest BCUT2D eigenvalue weighted by Gasteiger charge is 2.41. The zero-order valence-electron chi connectivity index (χ0n) is 16.2. The normalized spacial score (nSPS) is 17.4. The zero-order valence-corrected chi connectivity index (χ0v) is 17.0. The Hall–Kier alpha value is -2.57. The van der Waals surface area contributed by atoms with Crippen molar-refractivity contribution in [3.8, 4) is 17.6 Å². The van der Waals surface area contributed by atoms with Crippen molar-refractivity contribution in [3.63, 3.8) is 0 Å². The van der Waals surface area contributed by atoms with E-state index in [1.54, 1.807) is 13.8 Å². The van der Waals surface area contributed by atoms with Crippen molar-refractivity contribution in [2.45, 2.75) is 31.7 Å². The van der Waals surface area contributed by atoms with Gasteiger partial charge in [0.2, 0.25) is 15.9 Å². The van der Waals surface area contributed by atoms with Crippen LogP contribution in [0.1, 0.15) is 20.8 Å². The molecule has 0 saturated carbocycles. The molecule has 9 heteroatoms. The van der Waals surface area contributed by atoms with Crippen LogP contribution in [0.15, 0.2) is 29.2 Å². The molecular weight excluding hydrogens is 384 g/mol. The van der Waals surface area contributed by atoms with Crippen LogP contribution in [-0.4, -0.2) is 68.4 Å². The molecule has 0 bridgehead atoms. The number of carbonyl (C=O) groups excluding carboxylic acids is 2. The maximum absolute atomic E-state index is 13.1. The number of hydrogen-bond donors (Lipinski definition) is 0. The second-order valence-corrected chi connectivity index (χ2v) is 7.93. The largest absolute Gasteiger partial charge is 0.481 e. The van der Waals surface area contributed by atoms with Gasteiger partial charge >= 0.3 is 5.97 Å². The predicted octanol–water partition coefficient (Wildman–Crippen LogP) is 0.873. The summed E-state index contributed by atoms with van der Waals surface area (Å²) >= 11 is 0. The molecule has 1 aliphatic rings. The summed E-state index contributed by atoms with van der Waals surface area (Å²) in [6, 6.07) is 4.83. The number of carbonyl (C=O) groups is 2. The first-order chi connectivity index (χ1) is 13.3. The maximum atomic E-state index is 13.1. The van der Waals surface area contributed by atoms with Gasteiger partial charge in [-0.1, -0.05) is 5.92 Å². The van der Waals surface area contributed by atoms with Gasteiger partial charge in [0.05, 0.1) is 11.5 Å². The molecule has 1 fully saturated rings. The highest BCUT2D eigenvalue weighted by Crippen LogP contribution is 2.24. The lowest BCUT2D eigenvalue weighted by molar-refractivity contribution is -0.150. The van der Waals surface area contributed by atoms with Gasteiger partial charge in [0.1, 0.15) is 18.4 Å². The number of ether oxygens (including phenoxy) is 2. The lowest BCUT2D eigenvalue weighted by Gasteiger charge is -2.38. The van der Waals surface area contributed by atoms with Crippen LogP contribution >= 0.6 is 0 Å². The highest BCUT2D eigenvalue weighted by molar-refractivity contribution is 7.89. The molecule has 1 aliphatic heterocycles. The molecule has 1 aromatic rings. The SMILES string of the molecule is CC#CCOc1ccc(S(=O)(=O)N2CCN(C(C)=O)CC2C(=O)OCC)cc1. The molecule has 0 aromatic heterocycles. The lowest BCUT2D eigenvalue weighted by atomic mass is 10.2. The topological polar surface area (TPSA) is 93.2 Å². The van der Waals surface area contributed by atoms with E-state index in [4.69, 9.17) is 9.47 Å². The molecule has 1 heterocycles. The van der Waals surface area contributed by atoms with E-state index in [0.29, 0.717) is 5.75 Å². The van der Waals surface area contributed by atoms with Crippen LogP contribution in [0.2, 0.25) is 0 Å². The number of piperazine rings is 1. The lowest BCUT2D eigenvalue weighted by Crippen LogP contribution is -2.59.